The number of benzene rings is 4. The fraction of sp³-hybridized carbons (Fsp3) is 0. The van der Waals surface area contributed by atoms with Crippen molar-refractivity contribution in [1.29, 1.82) is 0 Å². The second kappa shape index (κ2) is 9.33. The van der Waals surface area contributed by atoms with Gasteiger partial charge in [-0.05, 0) is 11.5 Å². The molecule has 0 saturated carbocycles. The Labute approximate surface area is 189 Å². The fourth-order valence-corrected chi connectivity index (χ4v) is 3.17. The van der Waals surface area contributed by atoms with Crippen LogP contribution in [0, 0.1) is 12.1 Å². The third kappa shape index (κ3) is 4.50. The molecule has 0 atom stereocenters. The molecule has 1 radical (unpaired) electrons. The first kappa shape index (κ1) is 19.8. The van der Waals surface area contributed by atoms with Crippen LogP contribution < -0.4 is 0 Å². The summed E-state index contributed by atoms with van der Waals surface area (Å²) in [6.07, 6.45) is 0. The predicted octanol–water partition coefficient (Wildman–Crippen LogP) is 6.93. The number of halogens is 1. The van der Waals surface area contributed by atoms with Gasteiger partial charge in [0.25, 0.3) is 0 Å². The summed E-state index contributed by atoms with van der Waals surface area (Å²) in [5.41, 5.74) is 4.70. The molecule has 0 aliphatic carbocycles. The summed E-state index contributed by atoms with van der Waals surface area (Å²) in [5.74, 6) is 0. The van der Waals surface area contributed by atoms with E-state index < -0.39 is 0 Å². The smallest absolute Gasteiger partial charge is 0.0458 e. The number of hydrogen-bond acceptors (Lipinski definition) is 0. The normalized spacial score (nSPS) is 10.1. The molecule has 3 heteroatoms. The van der Waals surface area contributed by atoms with Crippen molar-refractivity contribution in [2.45, 2.75) is 0 Å². The molecule has 129 valence electrons. The molecule has 1 N–H and O–H groups in total. The van der Waals surface area contributed by atoms with Crippen LogP contribution >= 0.6 is 11.6 Å². The molecule has 0 fully saturated rings. The predicted molar refractivity (Wildman–Crippen MR) is 110 cm³/mol. The maximum atomic E-state index is 5.48. The Kier molecular flexibility index (Phi) is 6.85. The summed E-state index contributed by atoms with van der Waals surface area (Å²) < 4.78 is 0. The third-order valence-electron chi connectivity index (χ3n) is 4.21. The summed E-state index contributed by atoms with van der Waals surface area (Å²) in [6.45, 7) is 0. The Morgan fingerprint density at radius 1 is 0.667 bits per heavy atom. The first-order valence-electron chi connectivity index (χ1n) is 8.42. The minimum atomic E-state index is 0. The van der Waals surface area contributed by atoms with Gasteiger partial charge in [-0.3, -0.25) is 0 Å². The summed E-state index contributed by atoms with van der Waals surface area (Å²) in [4.78, 5) is 3.53. The van der Waals surface area contributed by atoms with E-state index in [2.05, 4.69) is 65.6 Å². The van der Waals surface area contributed by atoms with Gasteiger partial charge in [-0.1, -0.05) is 47.0 Å². The number of fused-ring (bicyclic) bond motifs is 3. The zero-order valence-corrected chi connectivity index (χ0v) is 18.2. The number of nitrogens with one attached hydrogen (secondary N) is 1. The second-order valence-corrected chi connectivity index (χ2v) is 6.29. The van der Waals surface area contributed by atoms with Gasteiger partial charge < -0.3 is 4.98 Å². The van der Waals surface area contributed by atoms with Gasteiger partial charge in [-0.2, -0.15) is 30.3 Å². The molecule has 27 heavy (non-hydrogen) atoms. The van der Waals surface area contributed by atoms with E-state index in [9.17, 15) is 0 Å². The molecule has 0 bridgehead atoms. The van der Waals surface area contributed by atoms with Crippen molar-refractivity contribution in [3.05, 3.63) is 108 Å². The number of H-pyrrole nitrogens is 1. The quantitative estimate of drug-likeness (QED) is 0.271. The topological polar surface area (TPSA) is 15.8 Å². The molecule has 0 spiro atoms. The summed E-state index contributed by atoms with van der Waals surface area (Å²) in [7, 11) is 0. The Morgan fingerprint density at radius 2 is 1.37 bits per heavy atom. The van der Waals surface area contributed by atoms with Crippen LogP contribution in [0.4, 0.5) is 0 Å². The molecule has 0 aliphatic heterocycles. The average molecular weight is 443 g/mol. The minimum Gasteiger partial charge on any atom is -0.362 e. The minimum absolute atomic E-state index is 0. The maximum Gasteiger partial charge on any atom is 0.0458 e. The third-order valence-corrected chi connectivity index (χ3v) is 4.45. The molecule has 4 aromatic carbocycles. The van der Waals surface area contributed by atoms with Crippen LogP contribution in [-0.4, -0.2) is 4.98 Å². The molecule has 1 nitrogen and oxygen atoms in total. The fourth-order valence-electron chi connectivity index (χ4n) is 3.03. The van der Waals surface area contributed by atoms with Gasteiger partial charge in [-0.25, -0.2) is 0 Å². The Hall–Kier alpha value is -1.93. The molecule has 0 unspecified atom stereocenters. The van der Waals surface area contributed by atoms with E-state index in [-0.39, 0.29) is 32.7 Å². The van der Waals surface area contributed by atoms with Crippen LogP contribution in [0.3, 0.4) is 0 Å². The van der Waals surface area contributed by atoms with Crippen molar-refractivity contribution in [3.63, 3.8) is 0 Å². The molecule has 1 heterocycles. The zero-order chi connectivity index (χ0) is 17.8. The Morgan fingerprint density at radius 3 is 2.04 bits per heavy atom. The Balaban J connectivity index is 0.000000225. The van der Waals surface area contributed by atoms with E-state index in [1.807, 2.05) is 30.3 Å². The largest absolute Gasteiger partial charge is 0.362 e. The molecular formula is C24H16ClNY-2. The first-order valence-corrected chi connectivity index (χ1v) is 8.79. The van der Waals surface area contributed by atoms with Gasteiger partial charge in [-0.15, -0.1) is 47.5 Å². The van der Waals surface area contributed by atoms with Crippen molar-refractivity contribution in [3.8, 4) is 11.1 Å². The molecule has 0 amide bonds. The van der Waals surface area contributed by atoms with Crippen molar-refractivity contribution in [1.82, 2.24) is 4.98 Å². The summed E-state index contributed by atoms with van der Waals surface area (Å²) >= 11 is 5.48. The van der Waals surface area contributed by atoms with Gasteiger partial charge in [0.2, 0.25) is 0 Å². The molecule has 1 aromatic heterocycles. The van der Waals surface area contributed by atoms with E-state index >= 15 is 0 Å². The molecule has 5 rings (SSSR count). The van der Waals surface area contributed by atoms with Crippen molar-refractivity contribution >= 4 is 33.4 Å². The molecule has 0 saturated heterocycles. The van der Waals surface area contributed by atoms with E-state index in [0.29, 0.717) is 5.02 Å². The van der Waals surface area contributed by atoms with E-state index in [1.54, 1.807) is 12.1 Å². The van der Waals surface area contributed by atoms with Gasteiger partial charge in [0.15, 0.2) is 0 Å². The first-order chi connectivity index (χ1) is 12.8. The average Bonchev–Trinajstić information content (AvgIpc) is 3.09. The number of aromatic amines is 1. The van der Waals surface area contributed by atoms with Gasteiger partial charge in [0.1, 0.15) is 0 Å². The van der Waals surface area contributed by atoms with E-state index in [4.69, 9.17) is 11.6 Å². The SMILES string of the molecule is Clc1[c-]cccc1.[Y].[c-]1ccccc1-c1cccc2c1[nH]c1ccccc12. The van der Waals surface area contributed by atoms with E-state index in [1.165, 1.54) is 27.4 Å². The molecule has 0 aliphatic rings. The Bertz CT molecular complexity index is 1130. The zero-order valence-electron chi connectivity index (χ0n) is 14.6. The van der Waals surface area contributed by atoms with Gasteiger partial charge in [0.05, 0.1) is 0 Å². The van der Waals surface area contributed by atoms with Crippen LogP contribution in [0.1, 0.15) is 0 Å². The summed E-state index contributed by atoms with van der Waals surface area (Å²) in [6, 6.07) is 36.4. The van der Waals surface area contributed by atoms with Crippen molar-refractivity contribution in [2.75, 3.05) is 0 Å². The maximum absolute atomic E-state index is 5.48. The van der Waals surface area contributed by atoms with Crippen LogP contribution in [0.2, 0.25) is 5.02 Å². The van der Waals surface area contributed by atoms with Gasteiger partial charge in [0, 0.05) is 49.1 Å². The van der Waals surface area contributed by atoms with Crippen LogP contribution in [0.5, 0.6) is 0 Å². The van der Waals surface area contributed by atoms with Crippen LogP contribution in [-0.2, 0) is 32.7 Å². The number of para-hydroxylation sites is 2. The monoisotopic (exact) mass is 442 g/mol. The van der Waals surface area contributed by atoms with E-state index in [0.717, 1.165) is 5.56 Å². The van der Waals surface area contributed by atoms with Crippen molar-refractivity contribution in [2.24, 2.45) is 0 Å². The molecular weight excluding hydrogens is 427 g/mol. The second-order valence-electron chi connectivity index (χ2n) is 5.89. The van der Waals surface area contributed by atoms with Crippen LogP contribution in [0.25, 0.3) is 32.9 Å². The summed E-state index contributed by atoms with van der Waals surface area (Å²) in [5, 5.41) is 3.21. The van der Waals surface area contributed by atoms with Gasteiger partial charge >= 0.3 is 0 Å². The van der Waals surface area contributed by atoms with Crippen LogP contribution in [0.15, 0.2) is 91.0 Å². The number of aromatic nitrogens is 1. The standard InChI is InChI=1S/C18H12N.C6H4Cl.Y/c1-2-7-13(8-3-1)14-10-6-11-16-15-9-4-5-12-17(15)19-18(14)16;7-6-4-2-1-3-5-6;/h1-7,9-12,19H;1-4H;/q2*-1;. The van der Waals surface area contributed by atoms with Crippen molar-refractivity contribution < 1.29 is 32.7 Å². The number of hydrogen-bond donors (Lipinski definition) is 1. The molecule has 5 aromatic rings. The number of rotatable bonds is 1.